The first-order chi connectivity index (χ1) is 12.1. The molecule has 0 aromatic heterocycles. The third-order valence-electron chi connectivity index (χ3n) is 4.68. The zero-order valence-electron chi connectivity index (χ0n) is 14.0. The summed E-state index contributed by atoms with van der Waals surface area (Å²) in [6.07, 6.45) is -12.6. The van der Waals surface area contributed by atoms with Crippen molar-refractivity contribution in [3.63, 3.8) is 0 Å². The average molecular weight is 383 g/mol. The Morgan fingerprint density at radius 2 is 1.62 bits per heavy atom. The summed E-state index contributed by atoms with van der Waals surface area (Å²) in [5.41, 5.74) is 5.67. The lowest BCUT2D eigenvalue weighted by atomic mass is 9.88. The summed E-state index contributed by atoms with van der Waals surface area (Å²) in [5, 5.41) is 68.7. The van der Waals surface area contributed by atoms with Crippen LogP contribution in [0.2, 0.25) is 0 Å². The van der Waals surface area contributed by atoms with E-state index < -0.39 is 79.8 Å². The van der Waals surface area contributed by atoms with E-state index in [1.807, 2.05) is 0 Å². The maximum atomic E-state index is 11.6. The first kappa shape index (κ1) is 21.5. The second kappa shape index (κ2) is 8.08. The van der Waals surface area contributed by atoms with Crippen LogP contribution in [-0.4, -0.2) is 116 Å². The average Bonchev–Trinajstić information content (AvgIpc) is 2.61. The van der Waals surface area contributed by atoms with Crippen LogP contribution in [0.25, 0.3) is 0 Å². The topological polar surface area (TPSA) is 212 Å². The second-order valence-corrected chi connectivity index (χ2v) is 6.41. The molecule has 0 spiro atoms. The number of carbonyl (C=O) groups excluding carboxylic acids is 1. The summed E-state index contributed by atoms with van der Waals surface area (Å²) < 4.78 is 15.6. The molecule has 0 bridgehead atoms. The van der Waals surface area contributed by atoms with Crippen molar-refractivity contribution < 1.29 is 54.8 Å². The van der Waals surface area contributed by atoms with Gasteiger partial charge in [0.2, 0.25) is 5.79 Å². The number of hydrogen-bond donors (Lipinski definition) is 8. The Morgan fingerprint density at radius 1 is 1.04 bits per heavy atom. The van der Waals surface area contributed by atoms with Crippen molar-refractivity contribution in [3.8, 4) is 0 Å². The van der Waals surface area contributed by atoms with Crippen LogP contribution >= 0.6 is 0 Å². The van der Waals surface area contributed by atoms with Gasteiger partial charge < -0.3 is 55.7 Å². The molecule has 2 aliphatic rings. The Bertz CT molecular complexity index is 503. The van der Waals surface area contributed by atoms with E-state index in [-0.39, 0.29) is 0 Å². The van der Waals surface area contributed by atoms with Crippen molar-refractivity contribution in [2.75, 3.05) is 13.2 Å². The first-order valence-electron chi connectivity index (χ1n) is 8.00. The molecule has 0 amide bonds. The largest absolute Gasteiger partial charge is 0.394 e. The number of hydrogen-bond acceptors (Lipinski definition) is 12. The van der Waals surface area contributed by atoms with E-state index in [4.69, 9.17) is 19.9 Å². The number of rotatable bonds is 5. The van der Waals surface area contributed by atoms with Gasteiger partial charge in [-0.1, -0.05) is 0 Å². The van der Waals surface area contributed by atoms with E-state index >= 15 is 0 Å². The molecule has 2 fully saturated rings. The van der Waals surface area contributed by atoms with Crippen LogP contribution in [0, 0.1) is 0 Å². The minimum absolute atomic E-state index is 0.693. The van der Waals surface area contributed by atoms with Crippen molar-refractivity contribution >= 4 is 5.78 Å². The number of aliphatic hydroxyl groups excluding tert-OH is 6. The highest BCUT2D eigenvalue weighted by Gasteiger charge is 2.56. The Hall–Kier alpha value is -0.770. The van der Waals surface area contributed by atoms with Gasteiger partial charge >= 0.3 is 0 Å². The predicted molar refractivity (Wildman–Crippen MR) is 80.2 cm³/mol. The minimum atomic E-state index is -2.55. The molecule has 12 heteroatoms. The molecule has 9 N–H and O–H groups in total. The van der Waals surface area contributed by atoms with Crippen molar-refractivity contribution in [1.82, 2.24) is 0 Å². The van der Waals surface area contributed by atoms with Gasteiger partial charge in [-0.15, -0.1) is 0 Å². The van der Waals surface area contributed by atoms with Gasteiger partial charge in [-0.25, -0.2) is 0 Å². The maximum absolute atomic E-state index is 11.6. The third-order valence-corrected chi connectivity index (χ3v) is 4.68. The maximum Gasteiger partial charge on any atom is 0.244 e. The van der Waals surface area contributed by atoms with Crippen molar-refractivity contribution in [3.05, 3.63) is 0 Å². The number of ether oxygens (including phenoxy) is 3. The van der Waals surface area contributed by atoms with Crippen LogP contribution in [0.1, 0.15) is 6.92 Å². The summed E-state index contributed by atoms with van der Waals surface area (Å²) in [5.74, 6) is -3.45. The fourth-order valence-electron chi connectivity index (χ4n) is 2.99. The normalized spacial score (nSPS) is 49.8. The molecule has 12 nitrogen and oxygen atoms in total. The zero-order chi connectivity index (χ0) is 19.8. The highest BCUT2D eigenvalue weighted by molar-refractivity contribution is 5.84. The molecule has 152 valence electrons. The van der Waals surface area contributed by atoms with Gasteiger partial charge in [0.25, 0.3) is 0 Å². The molecule has 10 atom stereocenters. The van der Waals surface area contributed by atoms with Crippen LogP contribution in [0.15, 0.2) is 0 Å². The minimum Gasteiger partial charge on any atom is -0.394 e. The summed E-state index contributed by atoms with van der Waals surface area (Å²) >= 11 is 0. The predicted octanol–water partition coefficient (Wildman–Crippen LogP) is -5.47. The molecule has 2 aliphatic heterocycles. The van der Waals surface area contributed by atoms with Crippen LogP contribution in [0.5, 0.6) is 0 Å². The third kappa shape index (κ3) is 3.63. The SMILES string of the molecule is CC(=O)C1(O)O[C@H](CO)[C@@H](O[C@@H]2O[C@H](CO)[C@H](O)[C@H](O)[C@H]2O)[C@H](O)[C@H]1N. The molecule has 0 aromatic rings. The highest BCUT2D eigenvalue weighted by atomic mass is 16.7. The number of ketones is 1. The Balaban J connectivity index is 2.20. The number of nitrogens with two attached hydrogens (primary N) is 1. The van der Waals surface area contributed by atoms with Crippen LogP contribution < -0.4 is 5.73 Å². The smallest absolute Gasteiger partial charge is 0.244 e. The molecular weight excluding hydrogens is 358 g/mol. The van der Waals surface area contributed by atoms with Gasteiger partial charge in [0.1, 0.15) is 42.7 Å². The lowest BCUT2D eigenvalue weighted by Gasteiger charge is -2.48. The lowest BCUT2D eigenvalue weighted by molar-refractivity contribution is -0.356. The quantitative estimate of drug-likeness (QED) is 0.223. The van der Waals surface area contributed by atoms with Gasteiger partial charge in [-0.2, -0.15) is 0 Å². The van der Waals surface area contributed by atoms with E-state index in [1.54, 1.807) is 0 Å². The van der Waals surface area contributed by atoms with Gasteiger partial charge in [0.15, 0.2) is 12.1 Å². The monoisotopic (exact) mass is 383 g/mol. The summed E-state index contributed by atoms with van der Waals surface area (Å²) in [6.45, 7) is -0.497. The van der Waals surface area contributed by atoms with Crippen molar-refractivity contribution in [2.45, 2.75) is 67.8 Å². The standard InChI is InChI=1S/C14H25NO11/c1-4(18)14(23)12(15)10(22)11(6(3-17)26-14)25-13-9(21)8(20)7(19)5(2-16)24-13/h5-13,16-17,19-23H,2-3,15H2,1H3/t5-,6-,7+,8+,9-,10+,11-,12-,13+,14?/m1/s1. The van der Waals surface area contributed by atoms with Gasteiger partial charge in [0, 0.05) is 6.92 Å². The Labute approximate surface area is 148 Å². The number of carbonyl (C=O) groups is 1. The van der Waals surface area contributed by atoms with Crippen molar-refractivity contribution in [1.29, 1.82) is 0 Å². The van der Waals surface area contributed by atoms with E-state index in [1.165, 1.54) is 0 Å². The molecular formula is C14H25NO11. The second-order valence-electron chi connectivity index (χ2n) is 6.41. The molecule has 1 unspecified atom stereocenters. The molecule has 2 heterocycles. The van der Waals surface area contributed by atoms with Gasteiger partial charge in [-0.05, 0) is 0 Å². The van der Waals surface area contributed by atoms with E-state index in [2.05, 4.69) is 0 Å². The Morgan fingerprint density at radius 3 is 2.12 bits per heavy atom. The van der Waals surface area contributed by atoms with Gasteiger partial charge in [0.05, 0.1) is 19.3 Å². The molecule has 0 aliphatic carbocycles. The number of aliphatic hydroxyl groups is 7. The number of Topliss-reactive ketones (excluding diaryl/α,β-unsaturated/α-hetero) is 1. The van der Waals surface area contributed by atoms with E-state index in [9.17, 15) is 40.5 Å². The van der Waals surface area contributed by atoms with Crippen LogP contribution in [0.4, 0.5) is 0 Å². The summed E-state index contributed by atoms with van der Waals surface area (Å²) in [7, 11) is 0. The van der Waals surface area contributed by atoms with Crippen molar-refractivity contribution in [2.24, 2.45) is 5.73 Å². The van der Waals surface area contributed by atoms with E-state index in [0.29, 0.717) is 0 Å². The van der Waals surface area contributed by atoms with Gasteiger partial charge in [-0.3, -0.25) is 4.79 Å². The molecule has 0 saturated carbocycles. The lowest BCUT2D eigenvalue weighted by Crippen LogP contribution is -2.72. The fraction of sp³-hybridized carbons (Fsp3) is 0.929. The highest BCUT2D eigenvalue weighted by Crippen LogP contribution is 2.32. The summed E-state index contributed by atoms with van der Waals surface area (Å²) in [4.78, 5) is 11.6. The molecule has 2 saturated heterocycles. The summed E-state index contributed by atoms with van der Waals surface area (Å²) in [6, 6.07) is -1.64. The first-order valence-corrected chi connectivity index (χ1v) is 8.00. The molecule has 0 aromatic carbocycles. The Kier molecular flexibility index (Phi) is 6.69. The zero-order valence-corrected chi connectivity index (χ0v) is 14.0. The molecule has 2 rings (SSSR count). The molecule has 0 radical (unpaired) electrons. The van der Waals surface area contributed by atoms with Crippen LogP contribution in [0.3, 0.4) is 0 Å². The fourth-order valence-corrected chi connectivity index (χ4v) is 2.99. The van der Waals surface area contributed by atoms with E-state index in [0.717, 1.165) is 6.92 Å². The molecule has 26 heavy (non-hydrogen) atoms. The van der Waals surface area contributed by atoms with Crippen LogP contribution in [-0.2, 0) is 19.0 Å².